The van der Waals surface area contributed by atoms with E-state index in [1.54, 1.807) is 25.1 Å². The lowest BCUT2D eigenvalue weighted by atomic mass is 10.1. The number of amides is 2. The molecule has 0 fully saturated rings. The number of methoxy groups -OCH3 is 1. The fraction of sp³-hybridized carbons (Fsp3) is 0.263. The van der Waals surface area contributed by atoms with E-state index in [1.807, 2.05) is 6.07 Å². The maximum Gasteiger partial charge on any atom is 0.416 e. The van der Waals surface area contributed by atoms with Crippen LogP contribution in [0.1, 0.15) is 18.1 Å². The molecule has 0 aromatic heterocycles. The fourth-order valence-electron chi connectivity index (χ4n) is 2.47. The molecule has 150 valence electrons. The molecule has 2 aromatic carbocycles. The first-order valence-corrected chi connectivity index (χ1v) is 8.59. The van der Waals surface area contributed by atoms with Gasteiger partial charge in [0.2, 0.25) is 0 Å². The summed E-state index contributed by atoms with van der Waals surface area (Å²) in [7, 11) is 1.54. The van der Waals surface area contributed by atoms with E-state index in [0.29, 0.717) is 18.2 Å². The maximum absolute atomic E-state index is 12.8. The molecule has 0 spiro atoms. The second kappa shape index (κ2) is 8.97. The van der Waals surface area contributed by atoms with Crippen LogP contribution in [0.4, 0.5) is 18.9 Å². The molecule has 9 heteroatoms. The van der Waals surface area contributed by atoms with Crippen LogP contribution in [0.5, 0.6) is 5.75 Å². The summed E-state index contributed by atoms with van der Waals surface area (Å²) in [5.74, 6) is -1.43. The average Bonchev–Trinajstić information content (AvgIpc) is 2.62. The summed E-state index contributed by atoms with van der Waals surface area (Å²) in [6, 6.07) is 9.27. The van der Waals surface area contributed by atoms with Gasteiger partial charge in [0.25, 0.3) is 0 Å². The lowest BCUT2D eigenvalue weighted by molar-refractivity contribution is -0.137. The summed E-state index contributed by atoms with van der Waals surface area (Å²) in [6.07, 6.45) is -4.17. The molecular formula is C19H18ClF3N2O3. The van der Waals surface area contributed by atoms with E-state index in [9.17, 15) is 22.8 Å². The molecule has 0 aliphatic heterocycles. The summed E-state index contributed by atoms with van der Waals surface area (Å²) >= 11 is 5.81. The van der Waals surface area contributed by atoms with Gasteiger partial charge in [-0.2, -0.15) is 13.2 Å². The molecule has 2 rings (SSSR count). The first-order chi connectivity index (χ1) is 13.1. The van der Waals surface area contributed by atoms with Crippen LogP contribution in [0.3, 0.4) is 0 Å². The molecule has 2 N–H and O–H groups in total. The SMILES string of the molecule is COc1cccc(CC(C)NC(=O)C(=O)Nc2cc(C(F)(F)F)ccc2Cl)c1. The number of ether oxygens (including phenoxy) is 1. The topological polar surface area (TPSA) is 67.4 Å². The predicted molar refractivity (Wildman–Crippen MR) is 99.4 cm³/mol. The third-order valence-electron chi connectivity index (χ3n) is 3.80. The van der Waals surface area contributed by atoms with Gasteiger partial charge in [0.1, 0.15) is 5.75 Å². The van der Waals surface area contributed by atoms with Gasteiger partial charge in [0.15, 0.2) is 0 Å². The van der Waals surface area contributed by atoms with Crippen LogP contribution >= 0.6 is 11.6 Å². The van der Waals surface area contributed by atoms with Crippen molar-refractivity contribution in [3.8, 4) is 5.75 Å². The quantitative estimate of drug-likeness (QED) is 0.725. The van der Waals surface area contributed by atoms with Crippen molar-refractivity contribution in [2.75, 3.05) is 12.4 Å². The van der Waals surface area contributed by atoms with Crippen LogP contribution in [0.2, 0.25) is 5.02 Å². The van der Waals surface area contributed by atoms with Crippen molar-refractivity contribution in [2.45, 2.75) is 25.6 Å². The van der Waals surface area contributed by atoms with E-state index in [-0.39, 0.29) is 10.7 Å². The molecular weight excluding hydrogens is 397 g/mol. The summed E-state index contributed by atoms with van der Waals surface area (Å²) in [4.78, 5) is 24.1. The summed E-state index contributed by atoms with van der Waals surface area (Å²) in [5, 5.41) is 4.49. The van der Waals surface area contributed by atoms with E-state index in [4.69, 9.17) is 16.3 Å². The van der Waals surface area contributed by atoms with Crippen molar-refractivity contribution < 1.29 is 27.5 Å². The smallest absolute Gasteiger partial charge is 0.416 e. The Hall–Kier alpha value is -2.74. The van der Waals surface area contributed by atoms with E-state index < -0.39 is 29.6 Å². The number of halogens is 4. The summed E-state index contributed by atoms with van der Waals surface area (Å²) in [5.41, 5.74) is -0.399. The number of benzene rings is 2. The molecule has 5 nitrogen and oxygen atoms in total. The largest absolute Gasteiger partial charge is 0.497 e. The number of hydrogen-bond acceptors (Lipinski definition) is 3. The van der Waals surface area contributed by atoms with Crippen LogP contribution in [-0.4, -0.2) is 25.0 Å². The fourth-order valence-corrected chi connectivity index (χ4v) is 2.63. The van der Waals surface area contributed by atoms with Gasteiger partial charge in [0.05, 0.1) is 23.4 Å². The molecule has 28 heavy (non-hydrogen) atoms. The lowest BCUT2D eigenvalue weighted by Crippen LogP contribution is -2.41. The molecule has 2 amide bonds. The third kappa shape index (κ3) is 5.88. The first kappa shape index (κ1) is 21.6. The third-order valence-corrected chi connectivity index (χ3v) is 4.13. The van der Waals surface area contributed by atoms with Crippen LogP contribution in [0.15, 0.2) is 42.5 Å². The first-order valence-electron chi connectivity index (χ1n) is 8.21. The number of alkyl halides is 3. The number of rotatable bonds is 5. The van der Waals surface area contributed by atoms with Crippen molar-refractivity contribution in [2.24, 2.45) is 0 Å². The minimum absolute atomic E-state index is 0.112. The van der Waals surface area contributed by atoms with E-state index >= 15 is 0 Å². The van der Waals surface area contributed by atoms with Gasteiger partial charge < -0.3 is 15.4 Å². The number of hydrogen-bond donors (Lipinski definition) is 2. The Morgan fingerprint density at radius 2 is 1.86 bits per heavy atom. The molecule has 0 aliphatic carbocycles. The van der Waals surface area contributed by atoms with Crippen LogP contribution in [0.25, 0.3) is 0 Å². The van der Waals surface area contributed by atoms with Gasteiger partial charge in [-0.15, -0.1) is 0 Å². The minimum Gasteiger partial charge on any atom is -0.497 e. The highest BCUT2D eigenvalue weighted by molar-refractivity contribution is 6.41. The van der Waals surface area contributed by atoms with Gasteiger partial charge in [-0.1, -0.05) is 23.7 Å². The van der Waals surface area contributed by atoms with Crippen molar-refractivity contribution in [3.63, 3.8) is 0 Å². The van der Waals surface area contributed by atoms with Crippen LogP contribution in [-0.2, 0) is 22.2 Å². The highest BCUT2D eigenvalue weighted by Gasteiger charge is 2.31. The van der Waals surface area contributed by atoms with Gasteiger partial charge in [-0.25, -0.2) is 0 Å². The van der Waals surface area contributed by atoms with Crippen LogP contribution < -0.4 is 15.4 Å². The Kier molecular flexibility index (Phi) is 6.90. The number of carbonyl (C=O) groups is 2. The van der Waals surface area contributed by atoms with Crippen molar-refractivity contribution in [1.29, 1.82) is 0 Å². The highest BCUT2D eigenvalue weighted by atomic mass is 35.5. The number of carbonyl (C=O) groups excluding carboxylic acids is 2. The summed E-state index contributed by atoms with van der Waals surface area (Å²) in [6.45, 7) is 1.70. The minimum atomic E-state index is -4.60. The Balaban J connectivity index is 2.00. The maximum atomic E-state index is 12.8. The zero-order chi connectivity index (χ0) is 20.9. The second-order valence-electron chi connectivity index (χ2n) is 6.08. The van der Waals surface area contributed by atoms with Crippen molar-refractivity contribution in [1.82, 2.24) is 5.32 Å². The molecule has 0 saturated heterocycles. The molecule has 0 radical (unpaired) electrons. The lowest BCUT2D eigenvalue weighted by Gasteiger charge is -2.15. The van der Waals surface area contributed by atoms with Crippen molar-refractivity contribution >= 4 is 29.1 Å². The Labute approximate surface area is 164 Å². The van der Waals surface area contributed by atoms with E-state index in [0.717, 1.165) is 17.7 Å². The van der Waals surface area contributed by atoms with Gasteiger partial charge in [-0.3, -0.25) is 9.59 Å². The van der Waals surface area contributed by atoms with Crippen LogP contribution in [0, 0.1) is 0 Å². The van der Waals surface area contributed by atoms with Gasteiger partial charge in [0, 0.05) is 6.04 Å². The Morgan fingerprint density at radius 1 is 1.14 bits per heavy atom. The second-order valence-corrected chi connectivity index (χ2v) is 6.48. The zero-order valence-corrected chi connectivity index (χ0v) is 15.8. The standard InChI is InChI=1S/C19H18ClF3N2O3/c1-11(8-12-4-3-5-14(9-12)28-2)24-17(26)18(27)25-16-10-13(19(21,22)23)6-7-15(16)20/h3-7,9-11H,8H2,1-2H3,(H,24,26)(H,25,27). The molecule has 0 heterocycles. The normalized spacial score (nSPS) is 12.2. The molecule has 2 aromatic rings. The molecule has 1 unspecified atom stereocenters. The van der Waals surface area contributed by atoms with E-state index in [2.05, 4.69) is 10.6 Å². The number of nitrogens with one attached hydrogen (secondary N) is 2. The molecule has 0 aliphatic rings. The van der Waals surface area contributed by atoms with Crippen molar-refractivity contribution in [3.05, 3.63) is 58.6 Å². The highest BCUT2D eigenvalue weighted by Crippen LogP contribution is 2.33. The van der Waals surface area contributed by atoms with E-state index in [1.165, 1.54) is 7.11 Å². The Morgan fingerprint density at radius 3 is 2.50 bits per heavy atom. The molecule has 0 saturated carbocycles. The van der Waals surface area contributed by atoms with Gasteiger partial charge >= 0.3 is 18.0 Å². The molecule has 1 atom stereocenters. The predicted octanol–water partition coefficient (Wildman–Crippen LogP) is 4.05. The summed E-state index contributed by atoms with van der Waals surface area (Å²) < 4.78 is 43.5. The zero-order valence-electron chi connectivity index (χ0n) is 15.1. The molecule has 0 bridgehead atoms. The number of anilines is 1. The average molecular weight is 415 g/mol. The van der Waals surface area contributed by atoms with Gasteiger partial charge in [-0.05, 0) is 49.2 Å². The monoisotopic (exact) mass is 414 g/mol. The Bertz CT molecular complexity index is 872.